The van der Waals surface area contributed by atoms with Crippen molar-refractivity contribution in [3.8, 4) is 16.5 Å². The molecule has 3 unspecified atom stereocenters. The maximum absolute atomic E-state index is 12.6. The molecule has 1 aromatic carbocycles. The average Bonchev–Trinajstić information content (AvgIpc) is 3.30. The lowest BCUT2D eigenvalue weighted by atomic mass is 9.88. The molecule has 3 nitrogen and oxygen atoms in total. The molecule has 2 bridgehead atoms. The first-order chi connectivity index (χ1) is 11.2. The SMILES string of the molecule is N#Cc1cc(-c2ccccc2)sc1NC(=O)C1CC2CCC1C2. The molecule has 0 radical (unpaired) electrons. The molecule has 1 aromatic heterocycles. The predicted molar refractivity (Wildman–Crippen MR) is 92.0 cm³/mol. The minimum absolute atomic E-state index is 0.107. The highest BCUT2D eigenvalue weighted by molar-refractivity contribution is 7.19. The maximum atomic E-state index is 12.6. The van der Waals surface area contributed by atoms with Crippen LogP contribution in [0.5, 0.6) is 0 Å². The van der Waals surface area contributed by atoms with Crippen molar-refractivity contribution in [2.75, 3.05) is 5.32 Å². The van der Waals surface area contributed by atoms with Crippen LogP contribution in [-0.4, -0.2) is 5.91 Å². The molecule has 2 saturated carbocycles. The van der Waals surface area contributed by atoms with Crippen LogP contribution in [0.3, 0.4) is 0 Å². The summed E-state index contributed by atoms with van der Waals surface area (Å²) >= 11 is 1.49. The van der Waals surface area contributed by atoms with Crippen LogP contribution >= 0.6 is 11.3 Å². The number of rotatable bonds is 3. The van der Waals surface area contributed by atoms with Crippen molar-refractivity contribution in [3.05, 3.63) is 42.0 Å². The molecule has 116 valence electrons. The lowest BCUT2D eigenvalue weighted by Crippen LogP contribution is -2.27. The van der Waals surface area contributed by atoms with Crippen LogP contribution in [0.2, 0.25) is 0 Å². The van der Waals surface area contributed by atoms with Gasteiger partial charge in [0.2, 0.25) is 5.91 Å². The zero-order chi connectivity index (χ0) is 15.8. The van der Waals surface area contributed by atoms with Gasteiger partial charge in [-0.15, -0.1) is 11.3 Å². The zero-order valence-corrected chi connectivity index (χ0v) is 13.6. The summed E-state index contributed by atoms with van der Waals surface area (Å²) in [5, 5.41) is 13.1. The first-order valence-electron chi connectivity index (χ1n) is 8.15. The van der Waals surface area contributed by atoms with Gasteiger partial charge in [-0.2, -0.15) is 5.26 Å². The summed E-state index contributed by atoms with van der Waals surface area (Å²) < 4.78 is 0. The molecular weight excluding hydrogens is 304 g/mol. The van der Waals surface area contributed by atoms with Gasteiger partial charge in [0.05, 0.1) is 5.56 Å². The summed E-state index contributed by atoms with van der Waals surface area (Å²) in [5.41, 5.74) is 1.64. The minimum atomic E-state index is 0.107. The highest BCUT2D eigenvalue weighted by atomic mass is 32.1. The Hall–Kier alpha value is -2.12. The van der Waals surface area contributed by atoms with Crippen molar-refractivity contribution in [1.29, 1.82) is 5.26 Å². The molecule has 2 fully saturated rings. The Bertz CT molecular complexity index is 774. The van der Waals surface area contributed by atoms with Gasteiger partial charge < -0.3 is 5.32 Å². The molecule has 1 heterocycles. The second kappa shape index (κ2) is 5.82. The standard InChI is InChI=1S/C19H18N2OS/c20-11-15-10-17(13-4-2-1-3-5-13)23-19(15)21-18(22)16-9-12-6-7-14(16)8-12/h1-5,10,12,14,16H,6-9H2,(H,21,22). The van der Waals surface area contributed by atoms with E-state index in [4.69, 9.17) is 0 Å². The molecule has 1 N–H and O–H groups in total. The maximum Gasteiger partial charge on any atom is 0.228 e. The van der Waals surface area contributed by atoms with Gasteiger partial charge in [0.1, 0.15) is 11.1 Å². The number of benzene rings is 1. The molecule has 2 aliphatic rings. The summed E-state index contributed by atoms with van der Waals surface area (Å²) in [4.78, 5) is 13.6. The van der Waals surface area contributed by atoms with E-state index in [-0.39, 0.29) is 11.8 Å². The van der Waals surface area contributed by atoms with Crippen molar-refractivity contribution in [1.82, 2.24) is 0 Å². The van der Waals surface area contributed by atoms with Crippen LogP contribution < -0.4 is 5.32 Å². The topological polar surface area (TPSA) is 52.9 Å². The van der Waals surface area contributed by atoms with Crippen LogP contribution in [0.1, 0.15) is 31.2 Å². The van der Waals surface area contributed by atoms with Gasteiger partial charge >= 0.3 is 0 Å². The van der Waals surface area contributed by atoms with Crippen molar-refractivity contribution >= 4 is 22.2 Å². The largest absolute Gasteiger partial charge is 0.316 e. The number of nitrogens with one attached hydrogen (secondary N) is 1. The third-order valence-electron chi connectivity index (χ3n) is 5.22. The van der Waals surface area contributed by atoms with E-state index in [1.807, 2.05) is 36.4 Å². The summed E-state index contributed by atoms with van der Waals surface area (Å²) in [6.45, 7) is 0. The monoisotopic (exact) mass is 322 g/mol. The second-order valence-corrected chi connectivity index (χ2v) is 7.65. The highest BCUT2D eigenvalue weighted by Crippen LogP contribution is 2.49. The summed E-state index contributed by atoms with van der Waals surface area (Å²) in [5.74, 6) is 1.55. The molecule has 4 heteroatoms. The Morgan fingerprint density at radius 3 is 2.70 bits per heavy atom. The number of carbonyl (C=O) groups is 1. The highest BCUT2D eigenvalue weighted by Gasteiger charge is 2.43. The fraction of sp³-hybridized carbons (Fsp3) is 0.368. The third-order valence-corrected chi connectivity index (χ3v) is 6.32. The number of thiophene rings is 1. The number of hydrogen-bond acceptors (Lipinski definition) is 3. The van der Waals surface area contributed by atoms with Crippen molar-refractivity contribution < 1.29 is 4.79 Å². The van der Waals surface area contributed by atoms with Crippen molar-refractivity contribution in [3.63, 3.8) is 0 Å². The number of amides is 1. The smallest absolute Gasteiger partial charge is 0.228 e. The first-order valence-corrected chi connectivity index (χ1v) is 8.96. The number of nitriles is 1. The van der Waals surface area contributed by atoms with Gasteiger partial charge in [-0.05, 0) is 42.7 Å². The van der Waals surface area contributed by atoms with Crippen LogP contribution in [0, 0.1) is 29.1 Å². The Balaban J connectivity index is 1.56. The normalized spacial score (nSPS) is 25.3. The van der Waals surface area contributed by atoms with Crippen LogP contribution in [0.4, 0.5) is 5.00 Å². The van der Waals surface area contributed by atoms with E-state index in [1.54, 1.807) is 0 Å². The Morgan fingerprint density at radius 1 is 1.22 bits per heavy atom. The van der Waals surface area contributed by atoms with Gasteiger partial charge in [0.25, 0.3) is 0 Å². The van der Waals surface area contributed by atoms with E-state index in [9.17, 15) is 10.1 Å². The molecule has 0 aliphatic heterocycles. The van der Waals surface area contributed by atoms with Crippen LogP contribution in [0.25, 0.3) is 10.4 Å². The predicted octanol–water partition coefficient (Wildman–Crippen LogP) is 4.66. The fourth-order valence-corrected chi connectivity index (χ4v) is 5.10. The fourth-order valence-electron chi connectivity index (χ4n) is 4.08. The third kappa shape index (κ3) is 2.66. The van der Waals surface area contributed by atoms with Gasteiger partial charge in [-0.25, -0.2) is 0 Å². The average molecular weight is 322 g/mol. The Morgan fingerprint density at radius 2 is 2.04 bits per heavy atom. The van der Waals surface area contributed by atoms with Gasteiger partial charge in [0, 0.05) is 10.8 Å². The number of anilines is 1. The minimum Gasteiger partial charge on any atom is -0.316 e. The molecule has 2 aromatic rings. The molecular formula is C19H18N2OS. The Labute approximate surface area is 140 Å². The van der Waals surface area contributed by atoms with Crippen LogP contribution in [0.15, 0.2) is 36.4 Å². The summed E-state index contributed by atoms with van der Waals surface area (Å²) in [6.07, 6.45) is 4.71. The quantitative estimate of drug-likeness (QED) is 0.893. The van der Waals surface area contributed by atoms with E-state index in [2.05, 4.69) is 11.4 Å². The van der Waals surface area contributed by atoms with Gasteiger partial charge in [-0.1, -0.05) is 36.8 Å². The number of carbonyl (C=O) groups excluding carboxylic acids is 1. The number of fused-ring (bicyclic) bond motifs is 2. The van der Waals surface area contributed by atoms with Gasteiger partial charge in [-0.3, -0.25) is 4.79 Å². The number of hydrogen-bond donors (Lipinski definition) is 1. The lowest BCUT2D eigenvalue weighted by Gasteiger charge is -2.20. The molecule has 2 aliphatic carbocycles. The summed E-state index contributed by atoms with van der Waals surface area (Å²) in [6, 6.07) is 14.1. The molecule has 0 saturated heterocycles. The molecule has 3 atom stereocenters. The molecule has 4 rings (SSSR count). The first kappa shape index (κ1) is 14.5. The van der Waals surface area contributed by atoms with Crippen LogP contribution in [-0.2, 0) is 4.79 Å². The molecule has 0 spiro atoms. The number of nitrogens with zero attached hydrogens (tertiary/aromatic N) is 1. The zero-order valence-electron chi connectivity index (χ0n) is 12.8. The van der Waals surface area contributed by atoms with Crippen molar-refractivity contribution in [2.24, 2.45) is 17.8 Å². The molecule has 23 heavy (non-hydrogen) atoms. The van der Waals surface area contributed by atoms with Gasteiger partial charge in [0.15, 0.2) is 0 Å². The van der Waals surface area contributed by atoms with E-state index in [0.29, 0.717) is 16.5 Å². The Kier molecular flexibility index (Phi) is 3.66. The molecule has 1 amide bonds. The van der Waals surface area contributed by atoms with E-state index < -0.39 is 0 Å². The second-order valence-electron chi connectivity index (χ2n) is 6.60. The van der Waals surface area contributed by atoms with E-state index in [1.165, 1.54) is 30.6 Å². The van der Waals surface area contributed by atoms with Crippen molar-refractivity contribution in [2.45, 2.75) is 25.7 Å². The summed E-state index contributed by atoms with van der Waals surface area (Å²) in [7, 11) is 0. The van der Waals surface area contributed by atoms with E-state index >= 15 is 0 Å². The van der Waals surface area contributed by atoms with E-state index in [0.717, 1.165) is 22.8 Å². The lowest BCUT2D eigenvalue weighted by molar-refractivity contribution is -0.121.